The van der Waals surface area contributed by atoms with Crippen molar-refractivity contribution in [3.05, 3.63) is 53.9 Å². The molecule has 150 valence electrons. The molecular formula is C20H20N4O5. The Kier molecular flexibility index (Phi) is 5.58. The van der Waals surface area contributed by atoms with Gasteiger partial charge in [-0.05, 0) is 49.2 Å². The van der Waals surface area contributed by atoms with Crippen molar-refractivity contribution < 1.29 is 23.9 Å². The van der Waals surface area contributed by atoms with Crippen molar-refractivity contribution in [1.82, 2.24) is 15.3 Å². The molecule has 1 aliphatic rings. The van der Waals surface area contributed by atoms with Crippen molar-refractivity contribution in [3.8, 4) is 11.5 Å². The number of hydrazone groups is 1. The second-order valence-corrected chi connectivity index (χ2v) is 6.52. The van der Waals surface area contributed by atoms with E-state index in [0.29, 0.717) is 23.3 Å². The van der Waals surface area contributed by atoms with Gasteiger partial charge in [0, 0.05) is 12.4 Å². The Morgan fingerprint density at radius 1 is 1.31 bits per heavy atom. The largest absolute Gasteiger partial charge is 0.493 e. The summed E-state index contributed by atoms with van der Waals surface area (Å²) in [5, 5.41) is 7.41. The van der Waals surface area contributed by atoms with Gasteiger partial charge in [-0.1, -0.05) is 6.92 Å². The maximum absolute atomic E-state index is 12.4. The Bertz CT molecular complexity index is 976. The van der Waals surface area contributed by atoms with Crippen LogP contribution in [0.15, 0.2) is 47.8 Å². The molecular weight excluding hydrogens is 376 g/mol. The van der Waals surface area contributed by atoms with Crippen molar-refractivity contribution in [1.29, 1.82) is 0 Å². The van der Waals surface area contributed by atoms with E-state index in [1.54, 1.807) is 37.4 Å². The highest BCUT2D eigenvalue weighted by molar-refractivity contribution is 6.07. The standard InChI is InChI=1S/C20H20N4O5/c1-4-20(2)18(26)24(19(27)23-20)22-11-13-7-8-15(16(10-13)28-3)29-17(25)14-6-5-9-21-12-14/h5-12H,4H2,1-3H3,(H,23,27). The number of hydrogen-bond donors (Lipinski definition) is 1. The highest BCUT2D eigenvalue weighted by Crippen LogP contribution is 2.28. The highest BCUT2D eigenvalue weighted by Gasteiger charge is 2.46. The molecule has 1 aliphatic heterocycles. The number of pyridine rings is 1. The fourth-order valence-corrected chi connectivity index (χ4v) is 2.63. The van der Waals surface area contributed by atoms with Crippen LogP contribution in [-0.4, -0.2) is 46.8 Å². The Hall–Kier alpha value is -3.75. The van der Waals surface area contributed by atoms with Crippen LogP contribution in [0.5, 0.6) is 11.5 Å². The summed E-state index contributed by atoms with van der Waals surface area (Å²) in [5.74, 6) is -0.486. The van der Waals surface area contributed by atoms with Crippen molar-refractivity contribution in [3.63, 3.8) is 0 Å². The Labute approximate surface area is 167 Å². The molecule has 1 aromatic carbocycles. The lowest BCUT2D eigenvalue weighted by atomic mass is 10.00. The van der Waals surface area contributed by atoms with Gasteiger partial charge in [-0.3, -0.25) is 9.78 Å². The molecule has 1 unspecified atom stereocenters. The van der Waals surface area contributed by atoms with Crippen LogP contribution in [0.25, 0.3) is 0 Å². The molecule has 1 N–H and O–H groups in total. The number of nitrogens with one attached hydrogen (secondary N) is 1. The number of amides is 3. The maximum atomic E-state index is 12.4. The minimum absolute atomic E-state index is 0.215. The molecule has 0 spiro atoms. The van der Waals surface area contributed by atoms with Gasteiger partial charge < -0.3 is 14.8 Å². The third kappa shape index (κ3) is 4.08. The number of benzene rings is 1. The molecule has 1 fully saturated rings. The third-order valence-electron chi connectivity index (χ3n) is 4.56. The first-order valence-corrected chi connectivity index (χ1v) is 8.89. The average Bonchev–Trinajstić information content (AvgIpc) is 2.96. The fraction of sp³-hybridized carbons (Fsp3) is 0.250. The van der Waals surface area contributed by atoms with Crippen molar-refractivity contribution in [2.75, 3.05) is 7.11 Å². The fourth-order valence-electron chi connectivity index (χ4n) is 2.63. The van der Waals surface area contributed by atoms with E-state index in [9.17, 15) is 14.4 Å². The number of rotatable bonds is 6. The predicted octanol–water partition coefficient (Wildman–Crippen LogP) is 2.36. The van der Waals surface area contributed by atoms with Gasteiger partial charge in [-0.25, -0.2) is 9.59 Å². The van der Waals surface area contributed by atoms with Gasteiger partial charge in [-0.15, -0.1) is 5.01 Å². The van der Waals surface area contributed by atoms with E-state index in [1.807, 2.05) is 6.92 Å². The summed E-state index contributed by atoms with van der Waals surface area (Å²) >= 11 is 0. The van der Waals surface area contributed by atoms with Gasteiger partial charge in [0.1, 0.15) is 5.54 Å². The van der Waals surface area contributed by atoms with E-state index in [4.69, 9.17) is 9.47 Å². The monoisotopic (exact) mass is 396 g/mol. The summed E-state index contributed by atoms with van der Waals surface area (Å²) in [6, 6.07) is 7.38. The van der Waals surface area contributed by atoms with Gasteiger partial charge in [0.05, 0.1) is 18.9 Å². The van der Waals surface area contributed by atoms with Crippen molar-refractivity contribution in [2.45, 2.75) is 25.8 Å². The molecule has 1 atom stereocenters. The number of carbonyl (C=O) groups excluding carboxylic acids is 3. The number of imide groups is 1. The summed E-state index contributed by atoms with van der Waals surface area (Å²) in [5.41, 5.74) is -0.109. The van der Waals surface area contributed by atoms with Crippen LogP contribution in [-0.2, 0) is 4.79 Å². The number of aromatic nitrogens is 1. The second kappa shape index (κ2) is 8.09. The first kappa shape index (κ1) is 20.0. The molecule has 29 heavy (non-hydrogen) atoms. The quantitative estimate of drug-likeness (QED) is 0.347. The van der Waals surface area contributed by atoms with E-state index < -0.39 is 23.4 Å². The lowest BCUT2D eigenvalue weighted by Gasteiger charge is -2.17. The van der Waals surface area contributed by atoms with Crippen molar-refractivity contribution in [2.24, 2.45) is 5.10 Å². The average molecular weight is 396 g/mol. The van der Waals surface area contributed by atoms with Gasteiger partial charge in [-0.2, -0.15) is 5.10 Å². The maximum Gasteiger partial charge on any atom is 0.346 e. The van der Waals surface area contributed by atoms with E-state index in [0.717, 1.165) is 5.01 Å². The number of carbonyl (C=O) groups is 3. The number of nitrogens with zero attached hydrogens (tertiary/aromatic N) is 3. The zero-order valence-corrected chi connectivity index (χ0v) is 16.2. The molecule has 2 aromatic rings. The topological polar surface area (TPSA) is 110 Å². The molecule has 0 bridgehead atoms. The van der Waals surface area contributed by atoms with Gasteiger partial charge in [0.15, 0.2) is 11.5 Å². The Morgan fingerprint density at radius 2 is 2.10 bits per heavy atom. The lowest BCUT2D eigenvalue weighted by molar-refractivity contribution is -0.130. The van der Waals surface area contributed by atoms with Crippen LogP contribution in [0.1, 0.15) is 36.2 Å². The molecule has 9 heteroatoms. The lowest BCUT2D eigenvalue weighted by Crippen LogP contribution is -2.42. The van der Waals surface area contributed by atoms with Crippen LogP contribution in [0.3, 0.4) is 0 Å². The number of hydrogen-bond acceptors (Lipinski definition) is 7. The van der Waals surface area contributed by atoms with Gasteiger partial charge in [0.2, 0.25) is 0 Å². The van der Waals surface area contributed by atoms with Crippen LogP contribution in [0.4, 0.5) is 4.79 Å². The van der Waals surface area contributed by atoms with E-state index in [-0.39, 0.29) is 5.75 Å². The smallest absolute Gasteiger partial charge is 0.346 e. The summed E-state index contributed by atoms with van der Waals surface area (Å²) in [7, 11) is 1.43. The molecule has 9 nitrogen and oxygen atoms in total. The van der Waals surface area contributed by atoms with Crippen molar-refractivity contribution >= 4 is 24.1 Å². The first-order valence-electron chi connectivity index (χ1n) is 8.89. The zero-order chi connectivity index (χ0) is 21.0. The predicted molar refractivity (Wildman–Crippen MR) is 104 cm³/mol. The number of esters is 1. The summed E-state index contributed by atoms with van der Waals surface area (Å²) in [6.07, 6.45) is 4.76. The number of methoxy groups -OCH3 is 1. The minimum atomic E-state index is -0.962. The van der Waals surface area contributed by atoms with Crippen LogP contribution in [0.2, 0.25) is 0 Å². The van der Waals surface area contributed by atoms with E-state index in [1.165, 1.54) is 25.6 Å². The Morgan fingerprint density at radius 3 is 2.72 bits per heavy atom. The Balaban J connectivity index is 1.77. The van der Waals surface area contributed by atoms with E-state index >= 15 is 0 Å². The summed E-state index contributed by atoms with van der Waals surface area (Å²) in [6.45, 7) is 3.46. The molecule has 0 radical (unpaired) electrons. The van der Waals surface area contributed by atoms with Crippen LogP contribution >= 0.6 is 0 Å². The van der Waals surface area contributed by atoms with Crippen LogP contribution in [0, 0.1) is 0 Å². The highest BCUT2D eigenvalue weighted by atomic mass is 16.6. The third-order valence-corrected chi connectivity index (χ3v) is 4.56. The second-order valence-electron chi connectivity index (χ2n) is 6.52. The molecule has 1 aromatic heterocycles. The number of ether oxygens (including phenoxy) is 2. The molecule has 3 rings (SSSR count). The summed E-state index contributed by atoms with van der Waals surface area (Å²) < 4.78 is 10.6. The molecule has 0 saturated carbocycles. The molecule has 3 amide bonds. The van der Waals surface area contributed by atoms with Crippen LogP contribution < -0.4 is 14.8 Å². The minimum Gasteiger partial charge on any atom is -0.493 e. The normalized spacial score (nSPS) is 18.8. The molecule has 1 saturated heterocycles. The van der Waals surface area contributed by atoms with E-state index in [2.05, 4.69) is 15.4 Å². The SMILES string of the molecule is CCC1(C)NC(=O)N(N=Cc2ccc(OC(=O)c3cccnc3)c(OC)c2)C1=O. The zero-order valence-electron chi connectivity index (χ0n) is 16.2. The van der Waals surface area contributed by atoms with Gasteiger partial charge in [0.25, 0.3) is 5.91 Å². The molecule has 0 aliphatic carbocycles. The van der Waals surface area contributed by atoms with Gasteiger partial charge >= 0.3 is 12.0 Å². The number of urea groups is 1. The molecule has 2 heterocycles. The summed E-state index contributed by atoms with van der Waals surface area (Å²) in [4.78, 5) is 40.4. The first-order chi connectivity index (χ1) is 13.9.